The number of nitrogens with zero attached hydrogens (tertiary/aromatic N) is 4. The van der Waals surface area contributed by atoms with Crippen LogP contribution in [0.2, 0.25) is 0 Å². The average Bonchev–Trinajstić information content (AvgIpc) is 3.38. The van der Waals surface area contributed by atoms with Crippen LogP contribution in [0.5, 0.6) is 5.88 Å². The topological polar surface area (TPSA) is 205 Å². The van der Waals surface area contributed by atoms with Gasteiger partial charge in [-0.05, 0) is 27.7 Å². The quantitative estimate of drug-likeness (QED) is 0.181. The number of aliphatic hydroxyl groups excluding tert-OH is 1. The highest BCUT2D eigenvalue weighted by atomic mass is 31.2. The standard InChI is InChI=1S/C21H33N6O10P/c1-6-34-14(28)8-23-38(32,24-9-15(29)35-7-2)36-10-13-17(30)21(4,31)20(37-13)27-11-22-16-18(27)25-12(3)26-19(16)33-5/h11,13,17,20,30-31H,6-10H2,1-5H3,(H2,23,24,32)/t13-,17?,20-,21+/m1/s1. The number of imidazole rings is 1. The Morgan fingerprint density at radius 2 is 1.79 bits per heavy atom. The molecule has 3 rings (SSSR count). The monoisotopic (exact) mass is 560 g/mol. The van der Waals surface area contributed by atoms with E-state index in [0.717, 1.165) is 0 Å². The van der Waals surface area contributed by atoms with Gasteiger partial charge in [-0.3, -0.25) is 18.7 Å². The fraction of sp³-hybridized carbons (Fsp3) is 0.667. The molecule has 0 aromatic carbocycles. The van der Waals surface area contributed by atoms with Crippen molar-refractivity contribution in [3.8, 4) is 5.88 Å². The molecule has 1 unspecified atom stereocenters. The van der Waals surface area contributed by atoms with Crippen LogP contribution in [0.1, 0.15) is 32.8 Å². The molecule has 1 aliphatic rings. The summed E-state index contributed by atoms with van der Waals surface area (Å²) in [5.41, 5.74) is -1.23. The van der Waals surface area contributed by atoms with Gasteiger partial charge in [0.05, 0.1) is 33.3 Å². The highest BCUT2D eigenvalue weighted by molar-refractivity contribution is 7.54. The van der Waals surface area contributed by atoms with E-state index in [1.165, 1.54) is 24.9 Å². The predicted molar refractivity (Wildman–Crippen MR) is 130 cm³/mol. The minimum absolute atomic E-state index is 0.111. The van der Waals surface area contributed by atoms with Crippen LogP contribution in [-0.4, -0.2) is 99.5 Å². The summed E-state index contributed by atoms with van der Waals surface area (Å²) in [5.74, 6) is -0.788. The van der Waals surface area contributed by atoms with Crippen molar-refractivity contribution in [2.24, 2.45) is 0 Å². The largest absolute Gasteiger partial charge is 0.479 e. The molecule has 38 heavy (non-hydrogen) atoms. The number of ether oxygens (including phenoxy) is 4. The van der Waals surface area contributed by atoms with Gasteiger partial charge in [-0.15, -0.1) is 0 Å². The zero-order valence-electron chi connectivity index (χ0n) is 21.7. The second-order valence-corrected chi connectivity index (χ2v) is 10.4. The second-order valence-electron chi connectivity index (χ2n) is 8.43. The van der Waals surface area contributed by atoms with Crippen LogP contribution in [0.4, 0.5) is 0 Å². The van der Waals surface area contributed by atoms with E-state index >= 15 is 0 Å². The van der Waals surface area contributed by atoms with Crippen LogP contribution in [0.25, 0.3) is 11.2 Å². The number of nitrogens with one attached hydrogen (secondary N) is 2. The first kappa shape index (κ1) is 29.8. The molecule has 0 bridgehead atoms. The lowest BCUT2D eigenvalue weighted by molar-refractivity contribution is -0.142. The molecule has 1 saturated heterocycles. The van der Waals surface area contributed by atoms with Gasteiger partial charge in [-0.1, -0.05) is 0 Å². The molecule has 2 aromatic rings. The van der Waals surface area contributed by atoms with Gasteiger partial charge in [-0.2, -0.15) is 4.98 Å². The third-order valence-corrected chi connectivity index (χ3v) is 7.26. The Bertz CT molecular complexity index is 1160. The lowest BCUT2D eigenvalue weighted by Gasteiger charge is -2.27. The summed E-state index contributed by atoms with van der Waals surface area (Å²) in [7, 11) is -2.63. The van der Waals surface area contributed by atoms with Crippen molar-refractivity contribution in [3.63, 3.8) is 0 Å². The van der Waals surface area contributed by atoms with Crippen molar-refractivity contribution >= 4 is 30.8 Å². The van der Waals surface area contributed by atoms with Gasteiger partial charge in [0, 0.05) is 0 Å². The van der Waals surface area contributed by atoms with E-state index in [0.29, 0.717) is 17.0 Å². The van der Waals surface area contributed by atoms with E-state index in [4.69, 9.17) is 23.5 Å². The Hall–Kier alpha value is -2.72. The number of aliphatic hydroxyl groups is 2. The molecule has 1 fully saturated rings. The number of esters is 2. The van der Waals surface area contributed by atoms with Gasteiger partial charge in [0.25, 0.3) is 0 Å². The predicted octanol–water partition coefficient (Wildman–Crippen LogP) is -0.417. The fourth-order valence-electron chi connectivity index (χ4n) is 3.77. The summed E-state index contributed by atoms with van der Waals surface area (Å²) in [5, 5.41) is 26.8. The van der Waals surface area contributed by atoms with E-state index in [2.05, 4.69) is 25.1 Å². The third-order valence-electron chi connectivity index (χ3n) is 5.60. The van der Waals surface area contributed by atoms with Crippen molar-refractivity contribution in [2.45, 2.75) is 51.7 Å². The van der Waals surface area contributed by atoms with E-state index < -0.39 is 63.3 Å². The smallest absolute Gasteiger partial charge is 0.341 e. The molecule has 2 aromatic heterocycles. The molecule has 0 radical (unpaired) electrons. The van der Waals surface area contributed by atoms with Crippen LogP contribution < -0.4 is 14.9 Å². The Morgan fingerprint density at radius 3 is 2.34 bits per heavy atom. The normalized spacial score (nSPS) is 23.5. The van der Waals surface area contributed by atoms with Crippen molar-refractivity contribution in [1.29, 1.82) is 0 Å². The zero-order valence-corrected chi connectivity index (χ0v) is 22.6. The van der Waals surface area contributed by atoms with Gasteiger partial charge in [0.2, 0.25) is 5.88 Å². The summed E-state index contributed by atoms with van der Waals surface area (Å²) in [6.07, 6.45) is -2.49. The van der Waals surface area contributed by atoms with Gasteiger partial charge < -0.3 is 33.7 Å². The molecule has 212 valence electrons. The molecule has 0 saturated carbocycles. The summed E-state index contributed by atoms with van der Waals surface area (Å²) >= 11 is 0. The van der Waals surface area contributed by atoms with Gasteiger partial charge in [0.15, 0.2) is 17.4 Å². The maximum atomic E-state index is 13.3. The maximum Gasteiger partial charge on any atom is 0.341 e. The maximum absolute atomic E-state index is 13.3. The Kier molecular flexibility index (Phi) is 9.75. The molecule has 0 aliphatic carbocycles. The summed E-state index contributed by atoms with van der Waals surface area (Å²) in [4.78, 5) is 36.3. The molecule has 3 heterocycles. The summed E-state index contributed by atoms with van der Waals surface area (Å²) in [6.45, 7) is 4.98. The van der Waals surface area contributed by atoms with E-state index in [-0.39, 0.29) is 19.1 Å². The Labute approximate surface area is 218 Å². The van der Waals surface area contributed by atoms with E-state index in [1.807, 2.05) is 0 Å². The van der Waals surface area contributed by atoms with Gasteiger partial charge in [0.1, 0.15) is 36.7 Å². The number of fused-ring (bicyclic) bond motifs is 1. The van der Waals surface area contributed by atoms with Crippen molar-refractivity contribution < 1.29 is 47.8 Å². The zero-order chi connectivity index (χ0) is 28.1. The van der Waals surface area contributed by atoms with Gasteiger partial charge >= 0.3 is 19.6 Å². The molecule has 1 aliphatic heterocycles. The van der Waals surface area contributed by atoms with E-state index in [1.54, 1.807) is 20.8 Å². The Balaban J connectivity index is 1.78. The van der Waals surface area contributed by atoms with E-state index in [9.17, 15) is 24.4 Å². The summed E-state index contributed by atoms with van der Waals surface area (Å²) in [6, 6.07) is 0. The first-order valence-electron chi connectivity index (χ1n) is 11.8. The number of carbonyl (C=O) groups excluding carboxylic acids is 2. The summed E-state index contributed by atoms with van der Waals surface area (Å²) < 4.78 is 41.1. The number of aromatic nitrogens is 4. The van der Waals surface area contributed by atoms with Crippen molar-refractivity contribution in [2.75, 3.05) is 40.0 Å². The molecular formula is C21H33N6O10P. The minimum Gasteiger partial charge on any atom is -0.479 e. The highest BCUT2D eigenvalue weighted by Gasteiger charge is 2.54. The van der Waals surface area contributed by atoms with Crippen LogP contribution >= 0.6 is 7.67 Å². The molecule has 4 N–H and O–H groups in total. The number of carbonyl (C=O) groups is 2. The highest BCUT2D eigenvalue weighted by Crippen LogP contribution is 2.43. The number of hydrogen-bond donors (Lipinski definition) is 4. The molecule has 0 amide bonds. The first-order valence-corrected chi connectivity index (χ1v) is 13.4. The van der Waals surface area contributed by atoms with Crippen molar-refractivity contribution in [3.05, 3.63) is 12.2 Å². The van der Waals surface area contributed by atoms with Crippen LogP contribution in [0.15, 0.2) is 6.33 Å². The Morgan fingerprint density at radius 1 is 1.18 bits per heavy atom. The number of aryl methyl sites for hydroxylation is 1. The lowest BCUT2D eigenvalue weighted by atomic mass is 9.96. The molecular weight excluding hydrogens is 527 g/mol. The number of hydrogen-bond acceptors (Lipinski definition) is 13. The van der Waals surface area contributed by atoms with Gasteiger partial charge in [-0.25, -0.2) is 20.1 Å². The fourth-order valence-corrected chi connectivity index (χ4v) is 5.10. The molecule has 16 nitrogen and oxygen atoms in total. The van der Waals surface area contributed by atoms with Crippen molar-refractivity contribution in [1.82, 2.24) is 29.7 Å². The first-order chi connectivity index (χ1) is 18.0. The molecule has 0 spiro atoms. The lowest BCUT2D eigenvalue weighted by Crippen LogP contribution is -2.44. The molecule has 4 atom stereocenters. The minimum atomic E-state index is -4.06. The number of rotatable bonds is 13. The van der Waals surface area contributed by atoms with Crippen LogP contribution in [0, 0.1) is 6.92 Å². The number of methoxy groups -OCH3 is 1. The average molecular weight is 561 g/mol. The van der Waals surface area contributed by atoms with Crippen LogP contribution in [0.3, 0.4) is 0 Å². The SMILES string of the molecule is CCOC(=O)CNP(=O)(NCC(=O)OCC)OC[C@H]1O[C@@H](n2cnc3c(OC)nc(C)nc32)[C@@](C)(O)C1O. The third kappa shape index (κ3) is 6.64. The second kappa shape index (κ2) is 12.4. The van der Waals surface area contributed by atoms with Crippen LogP contribution in [-0.2, 0) is 32.9 Å². The molecule has 17 heteroatoms.